The molecule has 0 unspecified atom stereocenters. The van der Waals surface area contributed by atoms with Gasteiger partial charge in [-0.3, -0.25) is 0 Å². The highest BCUT2D eigenvalue weighted by atomic mass is 35.5. The van der Waals surface area contributed by atoms with Crippen LogP contribution in [0.15, 0.2) is 66.9 Å². The fourth-order valence-corrected chi connectivity index (χ4v) is 2.32. The minimum Gasteiger partial charge on any atom is -0.464 e. The summed E-state index contributed by atoms with van der Waals surface area (Å²) in [5.41, 5.74) is 0. The topological polar surface area (TPSA) is 9.23 Å². The molecule has 0 saturated carbocycles. The minimum atomic E-state index is 0.447. The van der Waals surface area contributed by atoms with Crippen molar-refractivity contribution in [2.45, 2.75) is 0 Å². The van der Waals surface area contributed by atoms with Gasteiger partial charge in [-0.15, -0.1) is 11.6 Å². The van der Waals surface area contributed by atoms with E-state index in [9.17, 15) is 0 Å². The van der Waals surface area contributed by atoms with Gasteiger partial charge in [0.25, 0.3) is 0 Å². The SMILES string of the molecule is ClCC=COc1c2ccccc2cc2ccccc12. The maximum Gasteiger partial charge on any atom is 0.142 e. The monoisotopic (exact) mass is 268 g/mol. The summed E-state index contributed by atoms with van der Waals surface area (Å²) >= 11 is 5.64. The number of allylic oxidation sites excluding steroid dienone is 1. The summed E-state index contributed by atoms with van der Waals surface area (Å²) in [5, 5.41) is 4.58. The van der Waals surface area contributed by atoms with E-state index in [4.69, 9.17) is 16.3 Å². The second kappa shape index (κ2) is 5.33. The van der Waals surface area contributed by atoms with Crippen LogP contribution in [0.3, 0.4) is 0 Å². The van der Waals surface area contributed by atoms with Crippen LogP contribution in [-0.2, 0) is 0 Å². The van der Waals surface area contributed by atoms with Gasteiger partial charge < -0.3 is 4.74 Å². The summed E-state index contributed by atoms with van der Waals surface area (Å²) < 4.78 is 5.81. The Morgan fingerprint density at radius 1 is 0.895 bits per heavy atom. The fraction of sp³-hybridized carbons (Fsp3) is 0.0588. The predicted octanol–water partition coefficient (Wildman–Crippen LogP) is 5.12. The molecular formula is C17H13ClO. The van der Waals surface area contributed by atoms with E-state index in [-0.39, 0.29) is 0 Å². The number of ether oxygens (including phenoxy) is 1. The van der Waals surface area contributed by atoms with Crippen molar-refractivity contribution < 1.29 is 4.74 Å². The zero-order valence-electron chi connectivity index (χ0n) is 10.3. The molecule has 3 aromatic carbocycles. The highest BCUT2D eigenvalue weighted by molar-refractivity contribution is 6.18. The summed E-state index contributed by atoms with van der Waals surface area (Å²) in [7, 11) is 0. The molecule has 0 atom stereocenters. The van der Waals surface area contributed by atoms with Crippen LogP contribution < -0.4 is 4.74 Å². The molecule has 0 heterocycles. The zero-order chi connectivity index (χ0) is 13.1. The van der Waals surface area contributed by atoms with Gasteiger partial charge in [-0.1, -0.05) is 48.5 Å². The molecule has 3 rings (SSSR count). The van der Waals surface area contributed by atoms with Crippen molar-refractivity contribution in [1.82, 2.24) is 0 Å². The van der Waals surface area contributed by atoms with E-state index in [0.29, 0.717) is 5.88 Å². The van der Waals surface area contributed by atoms with Gasteiger partial charge in [-0.05, 0) is 22.9 Å². The number of alkyl halides is 1. The molecule has 0 aliphatic carbocycles. The molecule has 94 valence electrons. The lowest BCUT2D eigenvalue weighted by molar-refractivity contribution is 0.491. The van der Waals surface area contributed by atoms with Crippen molar-refractivity contribution in [1.29, 1.82) is 0 Å². The Bertz CT molecular complexity index is 692. The van der Waals surface area contributed by atoms with Gasteiger partial charge in [-0.25, -0.2) is 0 Å². The van der Waals surface area contributed by atoms with Crippen molar-refractivity contribution in [2.24, 2.45) is 0 Å². The highest BCUT2D eigenvalue weighted by Gasteiger charge is 2.07. The summed E-state index contributed by atoms with van der Waals surface area (Å²) in [6, 6.07) is 18.6. The molecule has 0 amide bonds. The average Bonchev–Trinajstić information content (AvgIpc) is 2.46. The van der Waals surface area contributed by atoms with E-state index in [2.05, 4.69) is 30.3 Å². The number of fused-ring (bicyclic) bond motifs is 2. The molecule has 19 heavy (non-hydrogen) atoms. The van der Waals surface area contributed by atoms with Crippen molar-refractivity contribution in [3.8, 4) is 5.75 Å². The molecule has 0 N–H and O–H groups in total. The van der Waals surface area contributed by atoms with Gasteiger partial charge in [0.2, 0.25) is 0 Å². The third-order valence-corrected chi connectivity index (χ3v) is 3.27. The van der Waals surface area contributed by atoms with Gasteiger partial charge in [0, 0.05) is 16.7 Å². The molecule has 3 aromatic rings. The Morgan fingerprint density at radius 2 is 1.47 bits per heavy atom. The Hall–Kier alpha value is -1.99. The Labute approximate surface area is 117 Å². The summed E-state index contributed by atoms with van der Waals surface area (Å²) in [4.78, 5) is 0. The van der Waals surface area contributed by atoms with Crippen molar-refractivity contribution in [3.05, 3.63) is 66.9 Å². The maximum atomic E-state index is 5.81. The number of rotatable bonds is 3. The van der Waals surface area contributed by atoms with Gasteiger partial charge >= 0.3 is 0 Å². The van der Waals surface area contributed by atoms with Crippen LogP contribution >= 0.6 is 11.6 Å². The quantitative estimate of drug-likeness (QED) is 0.364. The minimum absolute atomic E-state index is 0.447. The van der Waals surface area contributed by atoms with Gasteiger partial charge in [-0.2, -0.15) is 0 Å². The number of hydrogen-bond acceptors (Lipinski definition) is 1. The second-order valence-corrected chi connectivity index (χ2v) is 4.60. The normalized spacial score (nSPS) is 11.4. The smallest absolute Gasteiger partial charge is 0.142 e. The molecule has 0 fully saturated rings. The molecule has 0 aliphatic rings. The van der Waals surface area contributed by atoms with E-state index in [1.165, 1.54) is 10.8 Å². The molecule has 0 aromatic heterocycles. The van der Waals surface area contributed by atoms with Crippen molar-refractivity contribution in [3.63, 3.8) is 0 Å². The molecule has 0 spiro atoms. The second-order valence-electron chi connectivity index (χ2n) is 4.29. The van der Waals surface area contributed by atoms with E-state index >= 15 is 0 Å². The summed E-state index contributed by atoms with van der Waals surface area (Å²) in [6.45, 7) is 0. The Balaban J connectivity index is 2.29. The fourth-order valence-electron chi connectivity index (χ4n) is 2.25. The van der Waals surface area contributed by atoms with Crippen LogP contribution in [-0.4, -0.2) is 5.88 Å². The first-order valence-corrected chi connectivity index (χ1v) is 6.72. The van der Waals surface area contributed by atoms with Gasteiger partial charge in [0.15, 0.2) is 0 Å². The maximum absolute atomic E-state index is 5.81. The van der Waals surface area contributed by atoms with Crippen molar-refractivity contribution in [2.75, 3.05) is 5.88 Å². The molecule has 0 bridgehead atoms. The van der Waals surface area contributed by atoms with E-state index in [1.807, 2.05) is 24.3 Å². The molecule has 1 nitrogen and oxygen atoms in total. The standard InChI is InChI=1S/C17H13ClO/c18-10-5-11-19-17-15-8-3-1-6-13(15)12-14-7-2-4-9-16(14)17/h1-9,11-12H,10H2. The lowest BCUT2D eigenvalue weighted by Crippen LogP contribution is -1.87. The first-order valence-electron chi connectivity index (χ1n) is 6.18. The third-order valence-electron chi connectivity index (χ3n) is 3.09. The predicted molar refractivity (Wildman–Crippen MR) is 81.9 cm³/mol. The van der Waals surface area contributed by atoms with Gasteiger partial charge in [0.1, 0.15) is 5.75 Å². The Morgan fingerprint density at radius 3 is 2.05 bits per heavy atom. The lowest BCUT2D eigenvalue weighted by atomic mass is 10.0. The van der Waals surface area contributed by atoms with Crippen LogP contribution in [0.4, 0.5) is 0 Å². The van der Waals surface area contributed by atoms with Crippen LogP contribution in [0.1, 0.15) is 0 Å². The van der Waals surface area contributed by atoms with Gasteiger partial charge in [0.05, 0.1) is 6.26 Å². The lowest BCUT2D eigenvalue weighted by Gasteiger charge is -2.10. The molecule has 0 radical (unpaired) electrons. The first-order chi connectivity index (χ1) is 9.40. The van der Waals surface area contributed by atoms with Crippen LogP contribution in [0, 0.1) is 0 Å². The van der Waals surface area contributed by atoms with E-state index in [1.54, 1.807) is 12.3 Å². The largest absolute Gasteiger partial charge is 0.464 e. The molecule has 2 heteroatoms. The molecule has 0 saturated heterocycles. The number of benzene rings is 3. The molecular weight excluding hydrogens is 256 g/mol. The summed E-state index contributed by atoms with van der Waals surface area (Å²) in [5.74, 6) is 1.33. The van der Waals surface area contributed by atoms with Crippen LogP contribution in [0.5, 0.6) is 5.75 Å². The van der Waals surface area contributed by atoms with Crippen LogP contribution in [0.2, 0.25) is 0 Å². The average molecular weight is 269 g/mol. The third kappa shape index (κ3) is 2.29. The van der Waals surface area contributed by atoms with E-state index < -0.39 is 0 Å². The van der Waals surface area contributed by atoms with E-state index in [0.717, 1.165) is 16.5 Å². The molecule has 0 aliphatic heterocycles. The number of hydrogen-bond donors (Lipinski definition) is 0. The van der Waals surface area contributed by atoms with Crippen molar-refractivity contribution >= 4 is 33.1 Å². The zero-order valence-corrected chi connectivity index (χ0v) is 11.1. The summed E-state index contributed by atoms with van der Waals surface area (Å²) in [6.07, 6.45) is 3.44. The highest BCUT2D eigenvalue weighted by Crippen LogP contribution is 2.34. The van der Waals surface area contributed by atoms with Crippen LogP contribution in [0.25, 0.3) is 21.5 Å². The Kier molecular flexibility index (Phi) is 3.39. The number of halogens is 1. The first kappa shape index (κ1) is 12.1.